The van der Waals surface area contributed by atoms with Crippen molar-refractivity contribution in [1.29, 1.82) is 0 Å². The number of nitrogen functional groups attached to an aromatic ring is 1. The van der Waals surface area contributed by atoms with Crippen molar-refractivity contribution in [2.45, 2.75) is 6.54 Å². The van der Waals surface area contributed by atoms with E-state index in [1.165, 1.54) is 0 Å². The van der Waals surface area contributed by atoms with Crippen LogP contribution in [0.1, 0.15) is 5.56 Å². The molecule has 1 amide bonds. The fraction of sp³-hybridized carbons (Fsp3) is 0.200. The van der Waals surface area contributed by atoms with E-state index in [9.17, 15) is 4.79 Å². The summed E-state index contributed by atoms with van der Waals surface area (Å²) in [6.45, 7) is 0.536. The highest BCUT2D eigenvalue weighted by atomic mass is 16.5. The summed E-state index contributed by atoms with van der Waals surface area (Å²) >= 11 is 0. The highest BCUT2D eigenvalue weighted by Gasteiger charge is 2.16. The number of ether oxygens (including phenoxy) is 1. The van der Waals surface area contributed by atoms with Gasteiger partial charge in [0.25, 0.3) is 0 Å². The second kappa shape index (κ2) is 6.60. The van der Waals surface area contributed by atoms with E-state index in [4.69, 9.17) is 16.2 Å². The Morgan fingerprint density at radius 2 is 2.00 bits per heavy atom. The van der Waals surface area contributed by atoms with E-state index < -0.39 is 5.91 Å². The van der Waals surface area contributed by atoms with Crippen LogP contribution in [0.5, 0.6) is 5.75 Å². The van der Waals surface area contributed by atoms with Crippen molar-refractivity contribution in [3.8, 4) is 5.75 Å². The molecule has 21 heavy (non-hydrogen) atoms. The van der Waals surface area contributed by atoms with Gasteiger partial charge in [-0.15, -0.1) is 0 Å². The third kappa shape index (κ3) is 3.85. The van der Waals surface area contributed by atoms with Crippen LogP contribution in [-0.4, -0.2) is 24.5 Å². The third-order valence-corrected chi connectivity index (χ3v) is 2.97. The Hall–Kier alpha value is -2.76. The zero-order chi connectivity index (χ0) is 15.2. The number of anilines is 2. The first-order valence-electron chi connectivity index (χ1n) is 6.47. The lowest BCUT2D eigenvalue weighted by molar-refractivity contribution is -0.116. The van der Waals surface area contributed by atoms with Gasteiger partial charge in [-0.2, -0.15) is 0 Å². The molecular weight excluding hydrogens is 268 g/mol. The number of carbonyl (C=O) groups is 1. The molecule has 110 valence electrons. The quantitative estimate of drug-likeness (QED) is 0.777. The van der Waals surface area contributed by atoms with Crippen LogP contribution in [-0.2, 0) is 11.3 Å². The zero-order valence-corrected chi connectivity index (χ0v) is 11.8. The first-order chi connectivity index (χ1) is 10.1. The summed E-state index contributed by atoms with van der Waals surface area (Å²) in [7, 11) is 1.56. The Morgan fingerprint density at radius 1 is 1.29 bits per heavy atom. The summed E-state index contributed by atoms with van der Waals surface area (Å²) in [6.07, 6.45) is 1.65. The number of aromatic nitrogens is 1. The van der Waals surface area contributed by atoms with Crippen LogP contribution in [0.15, 0.2) is 42.6 Å². The second-order valence-electron chi connectivity index (χ2n) is 4.59. The summed E-state index contributed by atoms with van der Waals surface area (Å²) < 4.78 is 5.29. The topological polar surface area (TPSA) is 94.5 Å². The van der Waals surface area contributed by atoms with Gasteiger partial charge in [0.05, 0.1) is 13.7 Å². The highest BCUT2D eigenvalue weighted by molar-refractivity contribution is 5.79. The van der Waals surface area contributed by atoms with Gasteiger partial charge in [-0.25, -0.2) is 4.98 Å². The van der Waals surface area contributed by atoms with Crippen molar-refractivity contribution in [2.75, 3.05) is 24.3 Å². The van der Waals surface area contributed by atoms with Crippen LogP contribution in [0.4, 0.5) is 11.5 Å². The van der Waals surface area contributed by atoms with E-state index in [0.29, 0.717) is 23.8 Å². The Kier molecular flexibility index (Phi) is 4.61. The van der Waals surface area contributed by atoms with Gasteiger partial charge in [-0.05, 0) is 29.8 Å². The maximum Gasteiger partial charge on any atom is 0.237 e. The van der Waals surface area contributed by atoms with Gasteiger partial charge >= 0.3 is 0 Å². The number of hydrogen-bond donors (Lipinski definition) is 2. The molecule has 4 N–H and O–H groups in total. The van der Waals surface area contributed by atoms with Gasteiger partial charge in [0.1, 0.15) is 0 Å². The molecule has 2 aromatic rings. The van der Waals surface area contributed by atoms with E-state index in [0.717, 1.165) is 5.56 Å². The number of pyridine rings is 1. The molecule has 0 saturated carbocycles. The molecule has 0 bridgehead atoms. The standard InChI is InChI=1S/C15H18N4O2/c1-21-13-3-2-8-18-15(13)19(10-14(17)20)9-11-4-6-12(16)7-5-11/h2-8H,9-10,16H2,1H3,(H2,17,20). The van der Waals surface area contributed by atoms with Gasteiger partial charge in [0.2, 0.25) is 5.91 Å². The summed E-state index contributed by atoms with van der Waals surface area (Å²) in [5, 5.41) is 0. The van der Waals surface area contributed by atoms with Crippen LogP contribution < -0.4 is 21.1 Å². The molecule has 0 saturated heterocycles. The van der Waals surface area contributed by atoms with E-state index in [1.54, 1.807) is 30.3 Å². The van der Waals surface area contributed by atoms with Gasteiger partial charge in [0.15, 0.2) is 11.6 Å². The summed E-state index contributed by atoms with van der Waals surface area (Å²) in [5.74, 6) is 0.739. The predicted octanol–water partition coefficient (Wildman–Crippen LogP) is 1.16. The maximum absolute atomic E-state index is 11.3. The van der Waals surface area contributed by atoms with Crippen LogP contribution in [0.25, 0.3) is 0 Å². The fourth-order valence-corrected chi connectivity index (χ4v) is 2.02. The number of nitrogens with two attached hydrogens (primary N) is 2. The molecule has 1 aromatic heterocycles. The van der Waals surface area contributed by atoms with Crippen molar-refractivity contribution in [1.82, 2.24) is 4.98 Å². The first kappa shape index (κ1) is 14.6. The maximum atomic E-state index is 11.3. The van der Waals surface area contributed by atoms with Crippen LogP contribution >= 0.6 is 0 Å². The predicted molar refractivity (Wildman–Crippen MR) is 81.9 cm³/mol. The molecule has 2 rings (SSSR count). The normalized spacial score (nSPS) is 10.1. The molecular formula is C15H18N4O2. The lowest BCUT2D eigenvalue weighted by Crippen LogP contribution is -2.34. The Morgan fingerprint density at radius 3 is 2.62 bits per heavy atom. The van der Waals surface area contributed by atoms with Crippen LogP contribution in [0, 0.1) is 0 Å². The van der Waals surface area contributed by atoms with Gasteiger partial charge in [0, 0.05) is 18.4 Å². The molecule has 0 spiro atoms. The van der Waals surface area contributed by atoms with E-state index in [1.807, 2.05) is 24.3 Å². The minimum Gasteiger partial charge on any atom is -0.493 e. The second-order valence-corrected chi connectivity index (χ2v) is 4.59. The molecule has 0 aliphatic carbocycles. The summed E-state index contributed by atoms with van der Waals surface area (Å²) in [5.41, 5.74) is 12.7. The molecule has 6 heteroatoms. The zero-order valence-electron chi connectivity index (χ0n) is 11.8. The van der Waals surface area contributed by atoms with Gasteiger partial charge < -0.3 is 21.1 Å². The molecule has 0 unspecified atom stereocenters. The highest BCUT2D eigenvalue weighted by Crippen LogP contribution is 2.26. The smallest absolute Gasteiger partial charge is 0.237 e. The number of rotatable bonds is 6. The monoisotopic (exact) mass is 286 g/mol. The van der Waals surface area contributed by atoms with Crippen molar-refractivity contribution in [2.24, 2.45) is 5.73 Å². The fourth-order valence-electron chi connectivity index (χ4n) is 2.02. The van der Waals surface area contributed by atoms with Crippen LogP contribution in [0.2, 0.25) is 0 Å². The average Bonchev–Trinajstić information content (AvgIpc) is 2.48. The van der Waals surface area contributed by atoms with Gasteiger partial charge in [-0.3, -0.25) is 4.79 Å². The number of amides is 1. The number of primary amides is 1. The van der Waals surface area contributed by atoms with Crippen molar-refractivity contribution in [3.63, 3.8) is 0 Å². The van der Waals surface area contributed by atoms with Gasteiger partial charge in [-0.1, -0.05) is 12.1 Å². The Balaban J connectivity index is 2.29. The Bertz CT molecular complexity index is 613. The lowest BCUT2D eigenvalue weighted by Gasteiger charge is -2.24. The lowest BCUT2D eigenvalue weighted by atomic mass is 10.2. The SMILES string of the molecule is COc1cccnc1N(CC(N)=O)Cc1ccc(N)cc1. The minimum absolute atomic E-state index is 0.0533. The van der Waals surface area contributed by atoms with E-state index in [-0.39, 0.29) is 6.54 Å². The Labute approximate surface area is 123 Å². The molecule has 1 aromatic carbocycles. The number of nitrogens with zero attached hydrogens (tertiary/aromatic N) is 2. The minimum atomic E-state index is -0.432. The summed E-state index contributed by atoms with van der Waals surface area (Å²) in [6, 6.07) is 11.0. The molecule has 0 aliphatic rings. The first-order valence-corrected chi connectivity index (χ1v) is 6.47. The largest absolute Gasteiger partial charge is 0.493 e. The molecule has 6 nitrogen and oxygen atoms in total. The molecule has 0 atom stereocenters. The van der Waals surface area contributed by atoms with Crippen LogP contribution in [0.3, 0.4) is 0 Å². The number of hydrogen-bond acceptors (Lipinski definition) is 5. The molecule has 1 heterocycles. The molecule has 0 radical (unpaired) electrons. The molecule has 0 aliphatic heterocycles. The average molecular weight is 286 g/mol. The number of methoxy groups -OCH3 is 1. The summed E-state index contributed by atoms with van der Waals surface area (Å²) in [4.78, 5) is 17.4. The number of carbonyl (C=O) groups excluding carboxylic acids is 1. The third-order valence-electron chi connectivity index (χ3n) is 2.97. The van der Waals surface area contributed by atoms with Crippen molar-refractivity contribution >= 4 is 17.4 Å². The van der Waals surface area contributed by atoms with Crippen molar-refractivity contribution in [3.05, 3.63) is 48.2 Å². The number of benzene rings is 1. The molecule has 0 fully saturated rings. The van der Waals surface area contributed by atoms with E-state index >= 15 is 0 Å². The van der Waals surface area contributed by atoms with Crippen molar-refractivity contribution < 1.29 is 9.53 Å². The van der Waals surface area contributed by atoms with E-state index in [2.05, 4.69) is 4.98 Å².